The molecule has 26 heavy (non-hydrogen) atoms. The monoisotopic (exact) mass is 371 g/mol. The zero-order valence-corrected chi connectivity index (χ0v) is 15.2. The van der Waals surface area contributed by atoms with Gasteiger partial charge >= 0.3 is 6.03 Å². The number of benzene rings is 1. The van der Waals surface area contributed by atoms with Crippen LogP contribution in [0.4, 0.5) is 10.5 Å². The minimum absolute atomic E-state index is 0.123. The van der Waals surface area contributed by atoms with Crippen molar-refractivity contribution in [2.45, 2.75) is 44.2 Å². The van der Waals surface area contributed by atoms with Gasteiger partial charge in [-0.1, -0.05) is 42.8 Å². The number of rotatable bonds is 3. The van der Waals surface area contributed by atoms with Gasteiger partial charge in [0.2, 0.25) is 5.91 Å². The fourth-order valence-corrected chi connectivity index (χ4v) is 4.37. The fourth-order valence-electron chi connectivity index (χ4n) is 3.56. The lowest BCUT2D eigenvalue weighted by Gasteiger charge is -2.29. The van der Waals surface area contributed by atoms with Gasteiger partial charge < -0.3 is 5.32 Å². The molecule has 3 amide bonds. The summed E-state index contributed by atoms with van der Waals surface area (Å²) in [6, 6.07) is 7.91. The second-order valence-electron chi connectivity index (χ2n) is 6.64. The summed E-state index contributed by atoms with van der Waals surface area (Å²) in [7, 11) is 0. The topological polar surface area (TPSA) is 86.2 Å². The minimum atomic E-state index is -0.407. The Kier molecular flexibility index (Phi) is 4.92. The molecule has 1 aromatic rings. The molecule has 0 radical (unpaired) electrons. The molecular formula is C18H21N5O2S. The third-order valence-electron chi connectivity index (χ3n) is 4.81. The largest absolute Gasteiger partial charge is 0.335 e. The molecule has 7 nitrogen and oxygen atoms in total. The van der Waals surface area contributed by atoms with Crippen LogP contribution < -0.4 is 10.6 Å². The minimum Gasteiger partial charge on any atom is -0.335 e. The molecule has 2 heterocycles. The number of amides is 3. The Balaban J connectivity index is 1.35. The summed E-state index contributed by atoms with van der Waals surface area (Å²) in [5, 5.41) is 12.2. The summed E-state index contributed by atoms with van der Waals surface area (Å²) in [5.41, 5.74) is 2.07. The number of carbonyl (C=O) groups is 2. The van der Waals surface area contributed by atoms with E-state index in [2.05, 4.69) is 26.8 Å². The maximum absolute atomic E-state index is 12.1. The molecule has 8 heteroatoms. The Morgan fingerprint density at radius 1 is 1.23 bits per heavy atom. The third-order valence-corrected chi connectivity index (χ3v) is 5.76. The summed E-state index contributed by atoms with van der Waals surface area (Å²) in [4.78, 5) is 28.6. The van der Waals surface area contributed by atoms with Gasteiger partial charge in [-0.05, 0) is 18.9 Å². The van der Waals surface area contributed by atoms with Crippen molar-refractivity contribution in [2.24, 2.45) is 10.1 Å². The molecule has 4 rings (SSSR count). The number of hydrogen-bond acceptors (Lipinski definition) is 6. The first kappa shape index (κ1) is 17.1. The van der Waals surface area contributed by atoms with Gasteiger partial charge in [0.05, 0.1) is 17.5 Å². The number of fused-ring (bicyclic) bond motifs is 3. The highest BCUT2D eigenvalue weighted by Gasteiger charge is 2.32. The number of carbonyl (C=O) groups excluding carboxylic acids is 2. The lowest BCUT2D eigenvalue weighted by molar-refractivity contribution is -0.117. The normalized spacial score (nSPS) is 21.2. The van der Waals surface area contributed by atoms with Crippen LogP contribution in [0, 0.1) is 0 Å². The predicted octanol–water partition coefficient (Wildman–Crippen LogP) is 2.92. The zero-order valence-electron chi connectivity index (χ0n) is 14.4. The van der Waals surface area contributed by atoms with Gasteiger partial charge in [0, 0.05) is 24.2 Å². The summed E-state index contributed by atoms with van der Waals surface area (Å²) in [6.45, 7) is 0. The van der Waals surface area contributed by atoms with Gasteiger partial charge in [0.25, 0.3) is 0 Å². The maximum Gasteiger partial charge on any atom is 0.321 e. The van der Waals surface area contributed by atoms with Gasteiger partial charge in [0.15, 0.2) is 5.17 Å². The van der Waals surface area contributed by atoms with Crippen molar-refractivity contribution in [3.05, 3.63) is 29.8 Å². The van der Waals surface area contributed by atoms with E-state index in [9.17, 15) is 9.59 Å². The van der Waals surface area contributed by atoms with Crippen molar-refractivity contribution in [3.63, 3.8) is 0 Å². The lowest BCUT2D eigenvalue weighted by atomic mass is 10.0. The van der Waals surface area contributed by atoms with Crippen molar-refractivity contribution < 1.29 is 9.59 Å². The highest BCUT2D eigenvalue weighted by Crippen LogP contribution is 2.40. The summed E-state index contributed by atoms with van der Waals surface area (Å²) in [6.07, 6.45) is 6.94. The molecule has 0 bridgehead atoms. The third kappa shape index (κ3) is 3.60. The summed E-state index contributed by atoms with van der Waals surface area (Å²) < 4.78 is 0. The van der Waals surface area contributed by atoms with E-state index >= 15 is 0 Å². The molecule has 136 valence electrons. The van der Waals surface area contributed by atoms with Crippen molar-refractivity contribution in [2.75, 3.05) is 5.75 Å². The van der Waals surface area contributed by atoms with Crippen LogP contribution in [0.5, 0.6) is 0 Å². The van der Waals surface area contributed by atoms with E-state index in [4.69, 9.17) is 0 Å². The lowest BCUT2D eigenvalue weighted by Crippen LogP contribution is -2.44. The average Bonchev–Trinajstić information content (AvgIpc) is 3.31. The van der Waals surface area contributed by atoms with E-state index in [-0.39, 0.29) is 23.7 Å². The fraction of sp³-hybridized carbons (Fsp3) is 0.444. The Labute approximate surface area is 156 Å². The molecular weight excluding hydrogens is 350 g/mol. The van der Waals surface area contributed by atoms with E-state index in [1.54, 1.807) is 0 Å². The van der Waals surface area contributed by atoms with Crippen molar-refractivity contribution in [3.8, 4) is 0 Å². The number of nitrogens with one attached hydrogen (secondary N) is 2. The van der Waals surface area contributed by atoms with Crippen molar-refractivity contribution in [1.29, 1.82) is 0 Å². The highest BCUT2D eigenvalue weighted by molar-refractivity contribution is 8.14. The van der Waals surface area contributed by atoms with Crippen LogP contribution in [0.25, 0.3) is 0 Å². The predicted molar refractivity (Wildman–Crippen MR) is 103 cm³/mol. The first-order valence-corrected chi connectivity index (χ1v) is 9.92. The number of nitrogens with zero attached hydrogens (tertiary/aromatic N) is 3. The van der Waals surface area contributed by atoms with E-state index in [1.165, 1.54) is 11.8 Å². The molecule has 1 atom stereocenters. The van der Waals surface area contributed by atoms with Gasteiger partial charge in [-0.3, -0.25) is 10.1 Å². The molecule has 0 saturated heterocycles. The van der Waals surface area contributed by atoms with Gasteiger partial charge in [-0.25, -0.2) is 14.8 Å². The van der Waals surface area contributed by atoms with Gasteiger partial charge in [0.1, 0.15) is 0 Å². The smallest absolute Gasteiger partial charge is 0.321 e. The summed E-state index contributed by atoms with van der Waals surface area (Å²) in [5.74, 6) is -0.204. The van der Waals surface area contributed by atoms with Crippen LogP contribution in [0.2, 0.25) is 0 Å². The van der Waals surface area contributed by atoms with E-state index in [0.29, 0.717) is 5.17 Å². The van der Waals surface area contributed by atoms with Crippen LogP contribution in [0.3, 0.4) is 0 Å². The number of aliphatic imine (C=N–C) groups is 1. The summed E-state index contributed by atoms with van der Waals surface area (Å²) >= 11 is 1.30. The molecule has 0 spiro atoms. The number of hydrogen-bond donors (Lipinski definition) is 2. The average molecular weight is 371 g/mol. The van der Waals surface area contributed by atoms with E-state index in [0.717, 1.165) is 43.4 Å². The molecule has 2 aliphatic heterocycles. The second kappa shape index (κ2) is 7.49. The van der Waals surface area contributed by atoms with Crippen LogP contribution in [-0.4, -0.2) is 40.1 Å². The molecule has 1 saturated carbocycles. The number of imide groups is 1. The highest BCUT2D eigenvalue weighted by atomic mass is 32.2. The number of para-hydroxylation sites is 1. The van der Waals surface area contributed by atoms with E-state index in [1.807, 2.05) is 29.4 Å². The molecule has 1 aromatic carbocycles. The van der Waals surface area contributed by atoms with E-state index < -0.39 is 6.03 Å². The Hall–Kier alpha value is -2.35. The van der Waals surface area contributed by atoms with Crippen LogP contribution >= 0.6 is 11.8 Å². The van der Waals surface area contributed by atoms with Crippen LogP contribution in [0.15, 0.2) is 34.4 Å². The number of hydrazone groups is 1. The maximum atomic E-state index is 12.1. The molecule has 0 unspecified atom stereocenters. The van der Waals surface area contributed by atoms with Gasteiger partial charge in [-0.15, -0.1) is 0 Å². The van der Waals surface area contributed by atoms with Crippen molar-refractivity contribution in [1.82, 2.24) is 15.6 Å². The molecule has 1 aliphatic carbocycles. The number of thioether (sulfide) groups is 1. The first-order chi connectivity index (χ1) is 12.7. The van der Waals surface area contributed by atoms with Crippen LogP contribution in [-0.2, 0) is 4.79 Å². The Morgan fingerprint density at radius 3 is 2.88 bits per heavy atom. The van der Waals surface area contributed by atoms with Crippen LogP contribution in [0.1, 0.15) is 43.7 Å². The molecule has 3 aliphatic rings. The second-order valence-corrected chi connectivity index (χ2v) is 7.58. The number of amidine groups is 1. The van der Waals surface area contributed by atoms with Crippen molar-refractivity contribution >= 4 is 40.8 Å². The van der Waals surface area contributed by atoms with Gasteiger partial charge in [-0.2, -0.15) is 5.10 Å². The Bertz CT molecular complexity index is 773. The molecule has 0 aromatic heterocycles. The first-order valence-electron chi connectivity index (χ1n) is 8.93. The number of urea groups is 1. The standard InChI is InChI=1S/C18H21N5O2S/c24-16(22-17(25)20-12-5-1-2-6-12)11-26-18-21-14-8-4-3-7-13(14)15-9-10-19-23(15)18/h3-4,7-8,10,12,15H,1-2,5-6,9,11H2,(H2,20,22,24,25)/t15-/m1/s1. The molecule has 1 fully saturated rings. The molecule has 2 N–H and O–H groups in total. The zero-order chi connectivity index (χ0) is 17.9. The Morgan fingerprint density at radius 2 is 2.04 bits per heavy atom. The quantitative estimate of drug-likeness (QED) is 0.855. The SMILES string of the molecule is O=C(CSC1=Nc2ccccc2[C@H]2CC=NN12)NC(=O)NC1CCCC1.